The molecule has 1 aliphatic heterocycles. The molecule has 0 radical (unpaired) electrons. The van der Waals surface area contributed by atoms with E-state index in [0.717, 1.165) is 29.4 Å². The minimum Gasteiger partial charge on any atom is -0.319 e. The van der Waals surface area contributed by atoms with Gasteiger partial charge in [-0.25, -0.2) is 8.42 Å². The second-order valence-electron chi connectivity index (χ2n) is 5.34. The van der Waals surface area contributed by atoms with Crippen molar-refractivity contribution in [2.45, 2.75) is 24.7 Å². The predicted octanol–water partition coefficient (Wildman–Crippen LogP) is 2.80. The molecule has 0 amide bonds. The van der Waals surface area contributed by atoms with Crippen LogP contribution in [0.4, 0.5) is 0 Å². The SMILES string of the molecule is CNCC1CCCN(S(=O)(=O)c2ccc(Br)c(C)c2)C1.Cl. The maximum atomic E-state index is 12.7. The third-order valence-electron chi connectivity index (χ3n) is 3.74. The first kappa shape index (κ1) is 18.9. The minimum atomic E-state index is -3.37. The standard InChI is InChI=1S/C14H21BrN2O2S.ClH/c1-11-8-13(5-6-14(11)15)20(18,19)17-7-3-4-12(10-17)9-16-2;/h5-6,8,12,16H,3-4,7,9-10H2,1-2H3;1H. The number of aryl methyl sites for hydroxylation is 1. The molecule has 1 aliphatic rings. The Morgan fingerprint density at radius 1 is 1.43 bits per heavy atom. The van der Waals surface area contributed by atoms with Crippen LogP contribution in [0.3, 0.4) is 0 Å². The van der Waals surface area contributed by atoms with Gasteiger partial charge < -0.3 is 5.32 Å². The van der Waals surface area contributed by atoms with Crippen molar-refractivity contribution in [1.82, 2.24) is 9.62 Å². The van der Waals surface area contributed by atoms with Crippen molar-refractivity contribution in [2.24, 2.45) is 5.92 Å². The van der Waals surface area contributed by atoms with Gasteiger partial charge in [0, 0.05) is 17.6 Å². The number of rotatable bonds is 4. The molecule has 0 saturated carbocycles. The van der Waals surface area contributed by atoms with E-state index < -0.39 is 10.0 Å². The van der Waals surface area contributed by atoms with Crippen LogP contribution in [0.1, 0.15) is 18.4 Å². The van der Waals surface area contributed by atoms with Crippen molar-refractivity contribution in [2.75, 3.05) is 26.7 Å². The zero-order valence-corrected chi connectivity index (χ0v) is 15.5. The molecule has 0 aliphatic carbocycles. The van der Waals surface area contributed by atoms with E-state index >= 15 is 0 Å². The molecule has 1 aromatic carbocycles. The van der Waals surface area contributed by atoms with Crippen LogP contribution in [-0.4, -0.2) is 39.4 Å². The van der Waals surface area contributed by atoms with Crippen molar-refractivity contribution in [3.8, 4) is 0 Å². The predicted molar refractivity (Wildman–Crippen MR) is 91.5 cm³/mol. The molecule has 1 aromatic rings. The van der Waals surface area contributed by atoms with Crippen LogP contribution >= 0.6 is 28.3 Å². The molecule has 7 heteroatoms. The zero-order valence-electron chi connectivity index (χ0n) is 12.3. The fourth-order valence-electron chi connectivity index (χ4n) is 2.63. The van der Waals surface area contributed by atoms with E-state index in [4.69, 9.17) is 0 Å². The third kappa shape index (κ3) is 4.42. The lowest BCUT2D eigenvalue weighted by Crippen LogP contribution is -2.42. The van der Waals surface area contributed by atoms with Gasteiger partial charge in [-0.05, 0) is 63.0 Å². The molecule has 1 fully saturated rings. The molecule has 4 nitrogen and oxygen atoms in total. The minimum absolute atomic E-state index is 0. The fraction of sp³-hybridized carbons (Fsp3) is 0.571. The number of halogens is 2. The Hall–Kier alpha value is -0.140. The Bertz CT molecular complexity index is 578. The molecule has 0 aromatic heterocycles. The molecule has 0 bridgehead atoms. The number of sulfonamides is 1. The highest BCUT2D eigenvalue weighted by molar-refractivity contribution is 9.10. The van der Waals surface area contributed by atoms with Crippen LogP contribution in [-0.2, 0) is 10.0 Å². The van der Waals surface area contributed by atoms with Gasteiger partial charge in [-0.15, -0.1) is 12.4 Å². The number of nitrogens with zero attached hydrogens (tertiary/aromatic N) is 1. The van der Waals surface area contributed by atoms with Crippen LogP contribution < -0.4 is 5.32 Å². The summed E-state index contributed by atoms with van der Waals surface area (Å²) < 4.78 is 27.9. The Labute approximate surface area is 141 Å². The third-order valence-corrected chi connectivity index (χ3v) is 6.49. The molecular weight excluding hydrogens is 376 g/mol. The lowest BCUT2D eigenvalue weighted by Gasteiger charge is -2.32. The van der Waals surface area contributed by atoms with E-state index in [0.29, 0.717) is 23.9 Å². The van der Waals surface area contributed by atoms with Crippen molar-refractivity contribution < 1.29 is 8.42 Å². The zero-order chi connectivity index (χ0) is 14.8. The van der Waals surface area contributed by atoms with E-state index in [1.54, 1.807) is 22.5 Å². The summed E-state index contributed by atoms with van der Waals surface area (Å²) in [6, 6.07) is 5.21. The summed E-state index contributed by atoms with van der Waals surface area (Å²) in [6.07, 6.45) is 2.02. The van der Waals surface area contributed by atoms with Gasteiger partial charge in [0.25, 0.3) is 0 Å². The van der Waals surface area contributed by atoms with Crippen molar-refractivity contribution in [3.63, 3.8) is 0 Å². The molecule has 21 heavy (non-hydrogen) atoms. The highest BCUT2D eigenvalue weighted by Crippen LogP contribution is 2.26. The number of nitrogens with one attached hydrogen (secondary N) is 1. The van der Waals surface area contributed by atoms with Crippen molar-refractivity contribution in [1.29, 1.82) is 0 Å². The summed E-state index contributed by atoms with van der Waals surface area (Å²) in [4.78, 5) is 0.392. The number of benzene rings is 1. The lowest BCUT2D eigenvalue weighted by atomic mass is 10.00. The van der Waals surface area contributed by atoms with Crippen molar-refractivity contribution in [3.05, 3.63) is 28.2 Å². The van der Waals surface area contributed by atoms with Crippen LogP contribution in [0.2, 0.25) is 0 Å². The highest BCUT2D eigenvalue weighted by atomic mass is 79.9. The first-order valence-corrected chi connectivity index (χ1v) is 9.09. The van der Waals surface area contributed by atoms with Gasteiger partial charge in [-0.2, -0.15) is 4.31 Å². The molecule has 1 N–H and O–H groups in total. The molecule has 2 rings (SSSR count). The highest BCUT2D eigenvalue weighted by Gasteiger charge is 2.30. The quantitative estimate of drug-likeness (QED) is 0.850. The smallest absolute Gasteiger partial charge is 0.243 e. The van der Waals surface area contributed by atoms with Gasteiger partial charge in [0.1, 0.15) is 0 Å². The van der Waals surface area contributed by atoms with Gasteiger partial charge in [-0.3, -0.25) is 0 Å². The Kier molecular flexibility index (Phi) is 7.13. The summed E-state index contributed by atoms with van der Waals surface area (Å²) in [6.45, 7) is 4.00. The van der Waals surface area contributed by atoms with E-state index in [2.05, 4.69) is 21.2 Å². The van der Waals surface area contributed by atoms with Crippen LogP contribution in [0.5, 0.6) is 0 Å². The van der Waals surface area contributed by atoms with Crippen LogP contribution in [0, 0.1) is 12.8 Å². The average molecular weight is 398 g/mol. The number of hydrogen-bond donors (Lipinski definition) is 1. The Morgan fingerprint density at radius 2 is 2.14 bits per heavy atom. The summed E-state index contributed by atoms with van der Waals surface area (Å²) in [5.74, 6) is 0.403. The summed E-state index contributed by atoms with van der Waals surface area (Å²) in [7, 11) is -1.46. The van der Waals surface area contributed by atoms with Crippen molar-refractivity contribution >= 4 is 38.4 Å². The number of piperidine rings is 1. The number of hydrogen-bond acceptors (Lipinski definition) is 3. The first-order valence-electron chi connectivity index (χ1n) is 6.86. The summed E-state index contributed by atoms with van der Waals surface area (Å²) >= 11 is 3.41. The summed E-state index contributed by atoms with van der Waals surface area (Å²) in [5, 5.41) is 3.14. The van der Waals surface area contributed by atoms with Gasteiger partial charge >= 0.3 is 0 Å². The van der Waals surface area contributed by atoms with Crippen LogP contribution in [0.25, 0.3) is 0 Å². The Balaban J connectivity index is 0.00000220. The van der Waals surface area contributed by atoms with Crippen LogP contribution in [0.15, 0.2) is 27.6 Å². The Morgan fingerprint density at radius 3 is 2.76 bits per heavy atom. The molecule has 1 unspecified atom stereocenters. The average Bonchev–Trinajstić information content (AvgIpc) is 2.42. The first-order chi connectivity index (χ1) is 9.45. The second-order valence-corrected chi connectivity index (χ2v) is 8.13. The van der Waals surface area contributed by atoms with E-state index in [-0.39, 0.29) is 12.4 Å². The monoisotopic (exact) mass is 396 g/mol. The molecule has 1 atom stereocenters. The summed E-state index contributed by atoms with van der Waals surface area (Å²) in [5.41, 5.74) is 0.940. The molecular formula is C14H22BrClN2O2S. The normalized spacial score (nSPS) is 20.0. The second kappa shape index (κ2) is 7.92. The van der Waals surface area contributed by atoms with Gasteiger partial charge in [0.05, 0.1) is 4.90 Å². The van der Waals surface area contributed by atoms with E-state index in [1.807, 2.05) is 14.0 Å². The maximum absolute atomic E-state index is 12.7. The fourth-order valence-corrected chi connectivity index (χ4v) is 4.51. The van der Waals surface area contributed by atoms with Gasteiger partial charge in [0.15, 0.2) is 0 Å². The maximum Gasteiger partial charge on any atom is 0.243 e. The van der Waals surface area contributed by atoms with E-state index in [1.165, 1.54) is 0 Å². The van der Waals surface area contributed by atoms with E-state index in [9.17, 15) is 8.42 Å². The molecule has 1 saturated heterocycles. The molecule has 0 spiro atoms. The molecule has 120 valence electrons. The topological polar surface area (TPSA) is 49.4 Å². The van der Waals surface area contributed by atoms with Gasteiger partial charge in [0.2, 0.25) is 10.0 Å². The molecule has 1 heterocycles. The van der Waals surface area contributed by atoms with Gasteiger partial charge in [-0.1, -0.05) is 15.9 Å². The lowest BCUT2D eigenvalue weighted by molar-refractivity contribution is 0.263. The largest absolute Gasteiger partial charge is 0.319 e.